The zero-order valence-corrected chi connectivity index (χ0v) is 13.7. The summed E-state index contributed by atoms with van der Waals surface area (Å²) in [6.07, 6.45) is 0.900. The van der Waals surface area contributed by atoms with Gasteiger partial charge in [-0.1, -0.05) is 18.2 Å². The molecule has 0 atom stereocenters. The van der Waals surface area contributed by atoms with Crippen molar-refractivity contribution in [3.63, 3.8) is 0 Å². The molecule has 0 bridgehead atoms. The SMILES string of the molecule is COc1ccc2c(c1)COCCCOCc1ccccc1N2C. The average molecular weight is 313 g/mol. The van der Waals surface area contributed by atoms with E-state index in [2.05, 4.69) is 48.3 Å². The molecule has 0 amide bonds. The maximum Gasteiger partial charge on any atom is 0.119 e. The largest absolute Gasteiger partial charge is 0.497 e. The zero-order valence-electron chi connectivity index (χ0n) is 13.7. The Bertz CT molecular complexity index is 657. The fourth-order valence-electron chi connectivity index (χ4n) is 2.85. The Balaban J connectivity index is 2.03. The van der Waals surface area contributed by atoms with E-state index in [1.54, 1.807) is 7.11 Å². The van der Waals surface area contributed by atoms with Gasteiger partial charge in [-0.15, -0.1) is 0 Å². The minimum absolute atomic E-state index is 0.568. The van der Waals surface area contributed by atoms with Crippen LogP contribution in [0.1, 0.15) is 17.5 Å². The second-order valence-electron chi connectivity index (χ2n) is 5.64. The van der Waals surface area contributed by atoms with Crippen LogP contribution in [0, 0.1) is 0 Å². The molecule has 0 aliphatic carbocycles. The number of methoxy groups -OCH3 is 1. The first-order chi connectivity index (χ1) is 11.3. The van der Waals surface area contributed by atoms with E-state index in [4.69, 9.17) is 14.2 Å². The van der Waals surface area contributed by atoms with E-state index >= 15 is 0 Å². The molecule has 3 rings (SSSR count). The van der Waals surface area contributed by atoms with E-state index in [9.17, 15) is 0 Å². The molecule has 4 nitrogen and oxygen atoms in total. The predicted octanol–water partition coefficient (Wildman–Crippen LogP) is 3.90. The van der Waals surface area contributed by atoms with Crippen LogP contribution >= 0.6 is 0 Å². The molecule has 1 aliphatic heterocycles. The Kier molecular flexibility index (Phi) is 5.16. The highest BCUT2D eigenvalue weighted by molar-refractivity contribution is 5.69. The second-order valence-corrected chi connectivity index (χ2v) is 5.64. The summed E-state index contributed by atoms with van der Waals surface area (Å²) < 4.78 is 16.9. The van der Waals surface area contributed by atoms with Crippen LogP contribution in [0.5, 0.6) is 5.75 Å². The van der Waals surface area contributed by atoms with E-state index in [1.807, 2.05) is 6.07 Å². The van der Waals surface area contributed by atoms with Gasteiger partial charge in [-0.2, -0.15) is 0 Å². The molecule has 1 heterocycles. The number of hydrogen-bond acceptors (Lipinski definition) is 4. The number of para-hydroxylation sites is 1. The van der Waals surface area contributed by atoms with Crippen LogP contribution in [0.25, 0.3) is 0 Å². The standard InChI is InChI=1S/C19H23NO3/c1-20-18-7-4-3-6-15(18)13-22-10-5-11-23-14-16-12-17(21-2)8-9-19(16)20/h3-4,6-9,12H,5,10-11,13-14H2,1-2H3. The summed E-state index contributed by atoms with van der Waals surface area (Å²) in [4.78, 5) is 2.19. The van der Waals surface area contributed by atoms with Gasteiger partial charge in [-0.25, -0.2) is 0 Å². The Morgan fingerprint density at radius 3 is 2.39 bits per heavy atom. The molecule has 0 fully saturated rings. The van der Waals surface area contributed by atoms with Crippen molar-refractivity contribution in [1.29, 1.82) is 0 Å². The van der Waals surface area contributed by atoms with Gasteiger partial charge in [0.1, 0.15) is 5.75 Å². The fourth-order valence-corrected chi connectivity index (χ4v) is 2.85. The topological polar surface area (TPSA) is 30.9 Å². The minimum Gasteiger partial charge on any atom is -0.497 e. The van der Waals surface area contributed by atoms with Crippen molar-refractivity contribution in [3.8, 4) is 5.75 Å². The summed E-state index contributed by atoms with van der Waals surface area (Å²) in [6.45, 7) is 2.59. The van der Waals surface area contributed by atoms with Crippen molar-refractivity contribution in [2.24, 2.45) is 0 Å². The fraction of sp³-hybridized carbons (Fsp3) is 0.368. The molecule has 0 N–H and O–H groups in total. The van der Waals surface area contributed by atoms with Gasteiger partial charge in [0.25, 0.3) is 0 Å². The van der Waals surface area contributed by atoms with Crippen LogP contribution in [-0.2, 0) is 22.7 Å². The zero-order chi connectivity index (χ0) is 16.1. The Labute approximate surface area is 137 Å². The highest BCUT2D eigenvalue weighted by atomic mass is 16.5. The summed E-state index contributed by atoms with van der Waals surface area (Å²) in [7, 11) is 3.77. The molecule has 0 aromatic heterocycles. The summed E-state index contributed by atoms with van der Waals surface area (Å²) in [5.41, 5.74) is 4.60. The van der Waals surface area contributed by atoms with Crippen molar-refractivity contribution in [2.45, 2.75) is 19.6 Å². The lowest BCUT2D eigenvalue weighted by molar-refractivity contribution is 0.0693. The molecule has 23 heavy (non-hydrogen) atoms. The predicted molar refractivity (Wildman–Crippen MR) is 91.4 cm³/mol. The molecule has 2 aromatic carbocycles. The van der Waals surface area contributed by atoms with Gasteiger partial charge in [0.2, 0.25) is 0 Å². The molecule has 0 unspecified atom stereocenters. The van der Waals surface area contributed by atoms with Gasteiger partial charge < -0.3 is 19.1 Å². The Morgan fingerprint density at radius 2 is 1.61 bits per heavy atom. The number of ether oxygens (including phenoxy) is 3. The maximum absolute atomic E-state index is 5.81. The first kappa shape index (κ1) is 15.8. The highest BCUT2D eigenvalue weighted by Gasteiger charge is 2.14. The number of rotatable bonds is 1. The van der Waals surface area contributed by atoms with E-state index in [0.717, 1.165) is 29.1 Å². The lowest BCUT2D eigenvalue weighted by atomic mass is 10.1. The van der Waals surface area contributed by atoms with Crippen molar-refractivity contribution in [2.75, 3.05) is 32.3 Å². The van der Waals surface area contributed by atoms with Crippen LogP contribution in [0.2, 0.25) is 0 Å². The van der Waals surface area contributed by atoms with Crippen LogP contribution in [0.3, 0.4) is 0 Å². The third kappa shape index (κ3) is 3.66. The van der Waals surface area contributed by atoms with Gasteiger partial charge in [-0.3, -0.25) is 0 Å². The molecule has 4 heteroatoms. The number of hydrogen-bond donors (Lipinski definition) is 0. The van der Waals surface area contributed by atoms with E-state index in [0.29, 0.717) is 26.4 Å². The molecular weight excluding hydrogens is 290 g/mol. The monoisotopic (exact) mass is 313 g/mol. The summed E-state index contributed by atoms with van der Waals surface area (Å²) in [6, 6.07) is 14.5. The van der Waals surface area contributed by atoms with Crippen LogP contribution in [-0.4, -0.2) is 27.4 Å². The molecule has 0 saturated heterocycles. The summed E-state index contributed by atoms with van der Waals surface area (Å²) in [5, 5.41) is 0. The normalized spacial score (nSPS) is 15.8. The first-order valence-corrected chi connectivity index (χ1v) is 7.93. The Hall–Kier alpha value is -2.04. The van der Waals surface area contributed by atoms with Gasteiger partial charge in [0.15, 0.2) is 0 Å². The maximum atomic E-state index is 5.81. The second kappa shape index (κ2) is 7.49. The molecule has 1 aliphatic rings. The lowest BCUT2D eigenvalue weighted by Gasteiger charge is -2.26. The van der Waals surface area contributed by atoms with Crippen molar-refractivity contribution < 1.29 is 14.2 Å². The summed E-state index contributed by atoms with van der Waals surface area (Å²) >= 11 is 0. The number of nitrogens with zero attached hydrogens (tertiary/aromatic N) is 1. The van der Waals surface area contributed by atoms with Gasteiger partial charge >= 0.3 is 0 Å². The molecule has 122 valence electrons. The van der Waals surface area contributed by atoms with Gasteiger partial charge in [-0.05, 0) is 30.7 Å². The van der Waals surface area contributed by atoms with E-state index in [1.165, 1.54) is 5.56 Å². The number of benzene rings is 2. The third-order valence-corrected chi connectivity index (χ3v) is 4.09. The van der Waals surface area contributed by atoms with Gasteiger partial charge in [0, 0.05) is 42.8 Å². The molecule has 0 saturated carbocycles. The summed E-state index contributed by atoms with van der Waals surface area (Å²) in [5.74, 6) is 0.851. The quantitative estimate of drug-likeness (QED) is 0.799. The molecular formula is C19H23NO3. The van der Waals surface area contributed by atoms with Crippen molar-refractivity contribution in [3.05, 3.63) is 53.6 Å². The van der Waals surface area contributed by atoms with Crippen LogP contribution in [0.4, 0.5) is 11.4 Å². The highest BCUT2D eigenvalue weighted by Crippen LogP contribution is 2.33. The molecule has 2 aromatic rings. The smallest absolute Gasteiger partial charge is 0.119 e. The van der Waals surface area contributed by atoms with Crippen LogP contribution in [0.15, 0.2) is 42.5 Å². The van der Waals surface area contributed by atoms with Gasteiger partial charge in [0.05, 0.1) is 20.3 Å². The molecule has 0 spiro atoms. The van der Waals surface area contributed by atoms with Crippen LogP contribution < -0.4 is 9.64 Å². The molecule has 0 radical (unpaired) electrons. The van der Waals surface area contributed by atoms with E-state index in [-0.39, 0.29) is 0 Å². The van der Waals surface area contributed by atoms with Crippen molar-refractivity contribution >= 4 is 11.4 Å². The number of fused-ring (bicyclic) bond motifs is 2. The first-order valence-electron chi connectivity index (χ1n) is 7.93. The lowest BCUT2D eigenvalue weighted by Crippen LogP contribution is -2.16. The minimum atomic E-state index is 0.568. The average Bonchev–Trinajstić information content (AvgIpc) is 2.59. The van der Waals surface area contributed by atoms with E-state index < -0.39 is 0 Å². The van der Waals surface area contributed by atoms with Crippen molar-refractivity contribution in [1.82, 2.24) is 0 Å². The number of anilines is 2. The Morgan fingerprint density at radius 1 is 0.913 bits per heavy atom. The third-order valence-electron chi connectivity index (χ3n) is 4.09.